The Bertz CT molecular complexity index is 885. The van der Waals surface area contributed by atoms with Crippen LogP contribution in [0.3, 0.4) is 0 Å². The largest absolute Gasteiger partial charge is 0.457 e. The van der Waals surface area contributed by atoms with Crippen molar-refractivity contribution in [1.29, 1.82) is 0 Å². The molecule has 2 aromatic carbocycles. The Kier molecular flexibility index (Phi) is 4.66. The number of benzene rings is 2. The Morgan fingerprint density at radius 3 is 2.54 bits per heavy atom. The van der Waals surface area contributed by atoms with Crippen LogP contribution in [0, 0.1) is 5.92 Å². The number of ether oxygens (including phenoxy) is 1. The lowest BCUT2D eigenvalue weighted by Crippen LogP contribution is -2.17. The summed E-state index contributed by atoms with van der Waals surface area (Å²) in [6.45, 7) is -0.323. The quantitative estimate of drug-likeness (QED) is 0.614. The van der Waals surface area contributed by atoms with E-state index in [9.17, 15) is 18.0 Å². The van der Waals surface area contributed by atoms with Crippen molar-refractivity contribution in [3.63, 3.8) is 0 Å². The molecule has 1 unspecified atom stereocenters. The zero-order chi connectivity index (χ0) is 17.2. The van der Waals surface area contributed by atoms with Gasteiger partial charge in [-0.1, -0.05) is 36.4 Å². The van der Waals surface area contributed by atoms with E-state index < -0.39 is 15.8 Å². The SMILES string of the molecule is O=C(CC1CCS(=O)(=O)C1)OCC(=O)c1ccc2ccccc2c1. The smallest absolute Gasteiger partial charge is 0.306 e. The van der Waals surface area contributed by atoms with Crippen molar-refractivity contribution in [3.8, 4) is 0 Å². The van der Waals surface area contributed by atoms with Gasteiger partial charge in [-0.15, -0.1) is 0 Å². The molecule has 126 valence electrons. The molecule has 1 atom stereocenters. The third-order valence-corrected chi connectivity index (χ3v) is 6.05. The van der Waals surface area contributed by atoms with Gasteiger partial charge in [-0.2, -0.15) is 0 Å². The highest BCUT2D eigenvalue weighted by atomic mass is 32.2. The van der Waals surface area contributed by atoms with Crippen LogP contribution >= 0.6 is 0 Å². The van der Waals surface area contributed by atoms with Gasteiger partial charge in [-0.3, -0.25) is 9.59 Å². The summed E-state index contributed by atoms with van der Waals surface area (Å²) in [5, 5.41) is 1.99. The Labute approximate surface area is 140 Å². The van der Waals surface area contributed by atoms with Gasteiger partial charge in [0.2, 0.25) is 0 Å². The van der Waals surface area contributed by atoms with E-state index >= 15 is 0 Å². The van der Waals surface area contributed by atoms with E-state index in [4.69, 9.17) is 4.74 Å². The number of fused-ring (bicyclic) bond motifs is 1. The second kappa shape index (κ2) is 6.73. The van der Waals surface area contributed by atoms with Gasteiger partial charge in [0, 0.05) is 12.0 Å². The average molecular weight is 346 g/mol. The molecule has 0 bridgehead atoms. The zero-order valence-electron chi connectivity index (χ0n) is 13.1. The third kappa shape index (κ3) is 4.00. The summed E-state index contributed by atoms with van der Waals surface area (Å²) >= 11 is 0. The van der Waals surface area contributed by atoms with Crippen LogP contribution in [0.15, 0.2) is 42.5 Å². The van der Waals surface area contributed by atoms with Gasteiger partial charge in [0.1, 0.15) is 0 Å². The lowest BCUT2D eigenvalue weighted by Gasteiger charge is -2.08. The number of hydrogen-bond donors (Lipinski definition) is 0. The minimum absolute atomic E-state index is 0.0285. The molecule has 0 radical (unpaired) electrons. The third-order valence-electron chi connectivity index (χ3n) is 4.22. The molecule has 0 aromatic heterocycles. The van der Waals surface area contributed by atoms with E-state index in [0.717, 1.165) is 10.8 Å². The molecule has 1 heterocycles. The molecule has 0 saturated carbocycles. The van der Waals surface area contributed by atoms with Crippen molar-refractivity contribution in [3.05, 3.63) is 48.0 Å². The second-order valence-corrected chi connectivity index (χ2v) is 8.35. The number of ketones is 1. The van der Waals surface area contributed by atoms with E-state index in [-0.39, 0.29) is 36.2 Å². The summed E-state index contributed by atoms with van der Waals surface area (Å²) in [6.07, 6.45) is 0.528. The maximum atomic E-state index is 12.2. The topological polar surface area (TPSA) is 77.5 Å². The Balaban J connectivity index is 1.55. The summed E-state index contributed by atoms with van der Waals surface area (Å²) < 4.78 is 27.8. The fourth-order valence-corrected chi connectivity index (χ4v) is 4.78. The number of carbonyl (C=O) groups is 2. The van der Waals surface area contributed by atoms with Crippen LogP contribution in [-0.4, -0.2) is 38.3 Å². The van der Waals surface area contributed by atoms with Gasteiger partial charge in [0.05, 0.1) is 11.5 Å². The fourth-order valence-electron chi connectivity index (χ4n) is 2.92. The minimum Gasteiger partial charge on any atom is -0.457 e. The van der Waals surface area contributed by atoms with Gasteiger partial charge >= 0.3 is 5.97 Å². The maximum absolute atomic E-state index is 12.2. The molecule has 1 fully saturated rings. The second-order valence-electron chi connectivity index (χ2n) is 6.12. The van der Waals surface area contributed by atoms with Crippen LogP contribution in [0.2, 0.25) is 0 Å². The van der Waals surface area contributed by atoms with Gasteiger partial charge in [-0.05, 0) is 29.2 Å². The highest BCUT2D eigenvalue weighted by Crippen LogP contribution is 2.22. The van der Waals surface area contributed by atoms with Crippen molar-refractivity contribution >= 4 is 32.4 Å². The molecule has 5 nitrogen and oxygen atoms in total. The first-order valence-electron chi connectivity index (χ1n) is 7.81. The van der Waals surface area contributed by atoms with E-state index in [1.165, 1.54) is 0 Å². The Hall–Kier alpha value is -2.21. The van der Waals surface area contributed by atoms with E-state index in [1.54, 1.807) is 12.1 Å². The summed E-state index contributed by atoms with van der Waals surface area (Å²) in [5.41, 5.74) is 0.491. The van der Waals surface area contributed by atoms with Crippen LogP contribution in [0.4, 0.5) is 0 Å². The summed E-state index contributed by atoms with van der Waals surface area (Å²) in [6, 6.07) is 13.0. The monoisotopic (exact) mass is 346 g/mol. The molecule has 0 spiro atoms. The normalized spacial score (nSPS) is 19.2. The summed E-state index contributed by atoms with van der Waals surface area (Å²) in [4.78, 5) is 23.9. The zero-order valence-corrected chi connectivity index (χ0v) is 13.9. The number of carbonyl (C=O) groups excluding carboxylic acids is 2. The van der Waals surface area contributed by atoms with Crippen molar-refractivity contribution in [2.45, 2.75) is 12.8 Å². The molecular formula is C18H18O5S. The minimum atomic E-state index is -3.01. The van der Waals surface area contributed by atoms with Crippen LogP contribution in [0.25, 0.3) is 10.8 Å². The standard InChI is InChI=1S/C18H18O5S/c19-17(16-6-5-14-3-1-2-4-15(14)10-16)11-23-18(20)9-13-7-8-24(21,22)12-13/h1-6,10,13H,7-9,11-12H2. The predicted molar refractivity (Wildman–Crippen MR) is 90.6 cm³/mol. The molecule has 1 saturated heterocycles. The molecule has 3 rings (SSSR count). The van der Waals surface area contributed by atoms with Gasteiger partial charge in [-0.25, -0.2) is 8.42 Å². The maximum Gasteiger partial charge on any atom is 0.306 e. The van der Waals surface area contributed by atoms with Crippen molar-refractivity contribution in [2.24, 2.45) is 5.92 Å². The Morgan fingerprint density at radius 1 is 1.08 bits per heavy atom. The first-order valence-corrected chi connectivity index (χ1v) is 9.63. The van der Waals surface area contributed by atoms with E-state index in [1.807, 2.05) is 30.3 Å². The first kappa shape index (κ1) is 16.6. The molecule has 24 heavy (non-hydrogen) atoms. The molecule has 1 aliphatic heterocycles. The lowest BCUT2D eigenvalue weighted by atomic mass is 10.0. The number of Topliss-reactive ketones (excluding diaryl/α,β-unsaturated/α-hetero) is 1. The highest BCUT2D eigenvalue weighted by molar-refractivity contribution is 7.91. The molecule has 6 heteroatoms. The van der Waals surface area contributed by atoms with Crippen molar-refractivity contribution in [1.82, 2.24) is 0 Å². The van der Waals surface area contributed by atoms with Crippen LogP contribution in [-0.2, 0) is 19.4 Å². The first-order chi connectivity index (χ1) is 11.4. The Morgan fingerprint density at radius 2 is 1.83 bits per heavy atom. The number of hydrogen-bond acceptors (Lipinski definition) is 5. The van der Waals surface area contributed by atoms with Gasteiger partial charge in [0.15, 0.2) is 22.2 Å². The molecule has 0 amide bonds. The van der Waals surface area contributed by atoms with Crippen molar-refractivity contribution < 1.29 is 22.7 Å². The fraction of sp³-hybridized carbons (Fsp3) is 0.333. The molecule has 0 N–H and O–H groups in total. The van der Waals surface area contributed by atoms with Gasteiger partial charge in [0.25, 0.3) is 0 Å². The van der Waals surface area contributed by atoms with Crippen molar-refractivity contribution in [2.75, 3.05) is 18.1 Å². The van der Waals surface area contributed by atoms with Gasteiger partial charge < -0.3 is 4.74 Å². The van der Waals surface area contributed by atoms with Crippen LogP contribution in [0.5, 0.6) is 0 Å². The summed E-state index contributed by atoms with van der Waals surface area (Å²) in [7, 11) is -3.01. The summed E-state index contributed by atoms with van der Waals surface area (Å²) in [5.74, 6) is -0.834. The number of sulfone groups is 1. The lowest BCUT2D eigenvalue weighted by molar-refractivity contribution is -0.143. The molecule has 0 aliphatic carbocycles. The number of rotatable bonds is 5. The van der Waals surface area contributed by atoms with Crippen LogP contribution < -0.4 is 0 Å². The molecule has 1 aliphatic rings. The number of esters is 1. The van der Waals surface area contributed by atoms with Crippen LogP contribution in [0.1, 0.15) is 23.2 Å². The average Bonchev–Trinajstić information content (AvgIpc) is 2.90. The van der Waals surface area contributed by atoms with E-state index in [0.29, 0.717) is 12.0 Å². The predicted octanol–water partition coefficient (Wildman–Crippen LogP) is 2.39. The molecular weight excluding hydrogens is 328 g/mol. The molecule has 2 aromatic rings. The highest BCUT2D eigenvalue weighted by Gasteiger charge is 2.30. The van der Waals surface area contributed by atoms with E-state index in [2.05, 4.69) is 0 Å².